The van der Waals surface area contributed by atoms with Gasteiger partial charge < -0.3 is 11.1 Å². The maximum atomic E-state index is 13.5. The van der Waals surface area contributed by atoms with Crippen LogP contribution in [0.5, 0.6) is 0 Å². The molecule has 0 unspecified atom stereocenters. The first-order valence-corrected chi connectivity index (χ1v) is 13.6. The van der Waals surface area contributed by atoms with E-state index in [0.29, 0.717) is 17.2 Å². The fourth-order valence-electron chi connectivity index (χ4n) is 4.87. The zero-order valence-electron chi connectivity index (χ0n) is 22.4. The van der Waals surface area contributed by atoms with Gasteiger partial charge in [0.05, 0.1) is 17.1 Å². The third kappa shape index (κ3) is 7.84. The van der Waals surface area contributed by atoms with Crippen molar-refractivity contribution in [1.82, 2.24) is 5.32 Å². The molecule has 1 saturated carbocycles. The quantitative estimate of drug-likeness (QED) is 0.0961. The molecule has 3 aromatic rings. The largest absolute Gasteiger partial charge is 0.417 e. The minimum Gasteiger partial charge on any atom is -0.368 e. The van der Waals surface area contributed by atoms with Crippen molar-refractivity contribution >= 4 is 40.9 Å². The van der Waals surface area contributed by atoms with Gasteiger partial charge in [0.25, 0.3) is 5.91 Å². The lowest BCUT2D eigenvalue weighted by molar-refractivity contribution is -0.137. The summed E-state index contributed by atoms with van der Waals surface area (Å²) in [7, 11) is 0. The minimum absolute atomic E-state index is 0.0531. The van der Waals surface area contributed by atoms with E-state index in [1.807, 2.05) is 24.3 Å². The number of urea groups is 1. The highest BCUT2D eigenvalue weighted by Crippen LogP contribution is 2.37. The number of nitrogens with zero attached hydrogens (tertiary/aromatic N) is 3. The topological polar surface area (TPSA) is 136 Å². The number of guanidine groups is 1. The zero-order chi connectivity index (χ0) is 30.3. The van der Waals surface area contributed by atoms with Gasteiger partial charge in [0.15, 0.2) is 0 Å². The molecule has 0 heterocycles. The van der Waals surface area contributed by atoms with Gasteiger partial charge in [-0.05, 0) is 77.6 Å². The second kappa shape index (κ2) is 13.5. The fourth-order valence-corrected chi connectivity index (χ4v) is 5.09. The highest BCUT2D eigenvalue weighted by Gasteiger charge is 2.33. The SMILES string of the molecule is N=NN=C(N)NC(=O)c1ccc(CN(C(=O)Nc2ccc(Cl)c(C(F)(F)F)c2)c2ccc(C3CCCCC3)cc2)cc1. The molecule has 3 aromatic carbocycles. The van der Waals surface area contributed by atoms with E-state index in [2.05, 4.69) is 21.0 Å². The van der Waals surface area contributed by atoms with E-state index in [-0.39, 0.29) is 23.8 Å². The molecule has 0 saturated heterocycles. The number of carbonyl (C=O) groups excluding carboxylic acids is 2. The van der Waals surface area contributed by atoms with Crippen molar-refractivity contribution in [1.29, 1.82) is 5.53 Å². The lowest BCUT2D eigenvalue weighted by atomic mass is 9.84. The van der Waals surface area contributed by atoms with Gasteiger partial charge in [0.2, 0.25) is 5.96 Å². The van der Waals surface area contributed by atoms with Crippen LogP contribution >= 0.6 is 11.6 Å². The lowest BCUT2D eigenvalue weighted by Crippen LogP contribution is -2.36. The van der Waals surface area contributed by atoms with Crippen LogP contribution in [0.1, 0.15) is 65.1 Å². The number of amides is 3. The van der Waals surface area contributed by atoms with Crippen LogP contribution in [0.25, 0.3) is 0 Å². The van der Waals surface area contributed by atoms with E-state index in [1.165, 1.54) is 47.9 Å². The smallest absolute Gasteiger partial charge is 0.368 e. The monoisotopic (exact) mass is 599 g/mol. The number of benzene rings is 3. The van der Waals surface area contributed by atoms with Gasteiger partial charge in [-0.15, -0.1) is 0 Å². The normalized spacial score (nSPS) is 14.2. The number of rotatable bonds is 7. The van der Waals surface area contributed by atoms with Gasteiger partial charge in [0, 0.05) is 16.9 Å². The Morgan fingerprint density at radius 3 is 2.29 bits per heavy atom. The van der Waals surface area contributed by atoms with E-state index < -0.39 is 28.7 Å². The third-order valence-corrected chi connectivity index (χ3v) is 7.34. The summed E-state index contributed by atoms with van der Waals surface area (Å²) < 4.78 is 40.2. The van der Waals surface area contributed by atoms with E-state index in [9.17, 15) is 22.8 Å². The number of hydrogen-bond acceptors (Lipinski definition) is 4. The average molecular weight is 600 g/mol. The van der Waals surface area contributed by atoms with E-state index in [1.54, 1.807) is 12.1 Å². The summed E-state index contributed by atoms with van der Waals surface area (Å²) in [5.41, 5.74) is 13.6. The van der Waals surface area contributed by atoms with Crippen molar-refractivity contribution in [2.45, 2.75) is 50.7 Å². The second-order valence-corrected chi connectivity index (χ2v) is 10.3. The van der Waals surface area contributed by atoms with Crippen LogP contribution < -0.4 is 21.3 Å². The molecule has 0 bridgehead atoms. The Kier molecular flexibility index (Phi) is 9.79. The second-order valence-electron chi connectivity index (χ2n) is 9.87. The van der Waals surface area contributed by atoms with Crippen molar-refractivity contribution in [3.63, 3.8) is 0 Å². The summed E-state index contributed by atoms with van der Waals surface area (Å²) in [6.07, 6.45) is 1.11. The number of nitrogens with one attached hydrogen (secondary N) is 3. The van der Waals surface area contributed by atoms with Crippen molar-refractivity contribution in [2.24, 2.45) is 16.1 Å². The Balaban J connectivity index is 1.58. The maximum Gasteiger partial charge on any atom is 0.417 e. The van der Waals surface area contributed by atoms with E-state index in [4.69, 9.17) is 22.9 Å². The van der Waals surface area contributed by atoms with Gasteiger partial charge in [0.1, 0.15) is 0 Å². The van der Waals surface area contributed by atoms with Gasteiger partial charge in [-0.25, -0.2) is 4.79 Å². The summed E-state index contributed by atoms with van der Waals surface area (Å²) in [6.45, 7) is 0.0531. The molecule has 13 heteroatoms. The van der Waals surface area contributed by atoms with Crippen LogP contribution in [0.15, 0.2) is 77.1 Å². The molecule has 42 heavy (non-hydrogen) atoms. The van der Waals surface area contributed by atoms with Gasteiger partial charge in [-0.2, -0.15) is 18.7 Å². The molecule has 0 spiro atoms. The van der Waals surface area contributed by atoms with Crippen LogP contribution in [-0.4, -0.2) is 17.9 Å². The molecule has 0 aromatic heterocycles. The van der Waals surface area contributed by atoms with Crippen molar-refractivity contribution in [2.75, 3.05) is 10.2 Å². The average Bonchev–Trinajstić information content (AvgIpc) is 2.97. The summed E-state index contributed by atoms with van der Waals surface area (Å²) in [5, 5.41) is 10.4. The minimum atomic E-state index is -4.69. The van der Waals surface area contributed by atoms with E-state index in [0.717, 1.165) is 25.0 Å². The fraction of sp³-hybridized carbons (Fsp3) is 0.276. The predicted octanol–water partition coefficient (Wildman–Crippen LogP) is 7.64. The van der Waals surface area contributed by atoms with Gasteiger partial charge in [-0.3, -0.25) is 15.0 Å². The van der Waals surface area contributed by atoms with Crippen LogP contribution in [0.3, 0.4) is 0 Å². The summed E-state index contributed by atoms with van der Waals surface area (Å²) in [5.74, 6) is -0.450. The van der Waals surface area contributed by atoms with Crippen molar-refractivity contribution in [3.05, 3.63) is 94.0 Å². The molecule has 1 aliphatic rings. The molecule has 9 nitrogen and oxygen atoms in total. The molecule has 0 atom stereocenters. The number of carbonyl (C=O) groups is 2. The Bertz CT molecular complexity index is 1460. The molecule has 1 fully saturated rings. The maximum absolute atomic E-state index is 13.5. The molecule has 0 aliphatic heterocycles. The molecule has 220 valence electrons. The summed E-state index contributed by atoms with van der Waals surface area (Å²) in [4.78, 5) is 27.2. The predicted molar refractivity (Wildman–Crippen MR) is 155 cm³/mol. The Labute approximate surface area is 245 Å². The van der Waals surface area contributed by atoms with Crippen LogP contribution in [0.4, 0.5) is 29.3 Å². The number of alkyl halides is 3. The van der Waals surface area contributed by atoms with Gasteiger partial charge in [-0.1, -0.05) is 60.2 Å². The Morgan fingerprint density at radius 2 is 1.67 bits per heavy atom. The van der Waals surface area contributed by atoms with Crippen molar-refractivity contribution in [3.8, 4) is 0 Å². The molecule has 4 rings (SSSR count). The molecular formula is C29H29ClF3N7O2. The number of hydrogen-bond donors (Lipinski definition) is 4. The first-order valence-electron chi connectivity index (χ1n) is 13.2. The molecule has 5 N–H and O–H groups in total. The number of nitrogens with two attached hydrogens (primary N) is 1. The molecular weight excluding hydrogens is 571 g/mol. The standard InChI is InChI=1S/C29H29ClF3N7O2/c30-25-15-12-22(16-24(25)29(31,32)33)36-28(42)40(23-13-10-20(11-14-23)19-4-2-1-3-5-19)17-18-6-8-21(9-7-18)26(41)37-27(34)38-39-35/h6-16,19H,1-5,17H2,(H,36,42)(H4,34,35,37,38,41). The Hall–Kier alpha value is -4.45. The number of halogens is 4. The highest BCUT2D eigenvalue weighted by molar-refractivity contribution is 6.31. The zero-order valence-corrected chi connectivity index (χ0v) is 23.2. The number of anilines is 2. The summed E-state index contributed by atoms with van der Waals surface area (Å²) >= 11 is 5.74. The lowest BCUT2D eigenvalue weighted by Gasteiger charge is -2.26. The molecule has 1 aliphatic carbocycles. The van der Waals surface area contributed by atoms with Crippen LogP contribution in [-0.2, 0) is 12.7 Å². The Morgan fingerprint density at radius 1 is 1.00 bits per heavy atom. The van der Waals surface area contributed by atoms with Crippen molar-refractivity contribution < 1.29 is 22.8 Å². The van der Waals surface area contributed by atoms with Gasteiger partial charge >= 0.3 is 12.2 Å². The highest BCUT2D eigenvalue weighted by atomic mass is 35.5. The summed E-state index contributed by atoms with van der Waals surface area (Å²) in [6, 6.07) is 16.5. The third-order valence-electron chi connectivity index (χ3n) is 7.01. The first-order chi connectivity index (χ1) is 20.0. The van der Waals surface area contributed by atoms with Crippen LogP contribution in [0, 0.1) is 5.53 Å². The van der Waals surface area contributed by atoms with E-state index >= 15 is 0 Å². The molecule has 0 radical (unpaired) electrons. The first kappa shape index (κ1) is 30.5. The molecule has 3 amide bonds. The van der Waals surface area contributed by atoms with Crippen LogP contribution in [0.2, 0.25) is 5.02 Å².